The largest absolute Gasteiger partial charge is 0.322 e. The second-order valence-electron chi connectivity index (χ2n) is 7.23. The molecule has 0 saturated heterocycles. The van der Waals surface area contributed by atoms with E-state index in [1.54, 1.807) is 6.07 Å². The summed E-state index contributed by atoms with van der Waals surface area (Å²) in [6.45, 7) is 6.46. The van der Waals surface area contributed by atoms with Crippen LogP contribution in [0.4, 0.5) is 11.4 Å². The van der Waals surface area contributed by atoms with Gasteiger partial charge in [-0.1, -0.05) is 39.0 Å². The molecule has 0 bridgehead atoms. The molecule has 2 aromatic rings. The van der Waals surface area contributed by atoms with Crippen LogP contribution in [0.25, 0.3) is 0 Å². The van der Waals surface area contributed by atoms with Crippen molar-refractivity contribution in [2.75, 3.05) is 16.8 Å². The standard InChI is InChI=1S/C20H21BrN2O2/c1-20(2,3)19(25)23-11-10-13-8-9-14(12-17(13)23)22-18(24)15-6-4-5-7-16(15)21/h4-9,12H,10-11H2,1-3H3,(H,22,24). The van der Waals surface area contributed by atoms with Crippen molar-refractivity contribution in [3.63, 3.8) is 0 Å². The van der Waals surface area contributed by atoms with Crippen LogP contribution in [0.1, 0.15) is 36.7 Å². The van der Waals surface area contributed by atoms with Gasteiger partial charge in [-0.25, -0.2) is 0 Å². The molecule has 1 heterocycles. The molecule has 0 aromatic heterocycles. The van der Waals surface area contributed by atoms with E-state index >= 15 is 0 Å². The molecule has 3 rings (SSSR count). The first-order valence-corrected chi connectivity index (χ1v) is 9.07. The van der Waals surface area contributed by atoms with Gasteiger partial charge >= 0.3 is 0 Å². The summed E-state index contributed by atoms with van der Waals surface area (Å²) in [6.07, 6.45) is 0.843. The molecule has 1 aliphatic rings. The quantitative estimate of drug-likeness (QED) is 0.797. The van der Waals surface area contributed by atoms with Gasteiger partial charge in [0.25, 0.3) is 5.91 Å². The Morgan fingerprint density at radius 3 is 2.52 bits per heavy atom. The van der Waals surface area contributed by atoms with Crippen LogP contribution in [0.15, 0.2) is 46.9 Å². The number of carbonyl (C=O) groups excluding carboxylic acids is 2. The third kappa shape index (κ3) is 3.61. The number of hydrogen-bond acceptors (Lipinski definition) is 2. The van der Waals surface area contributed by atoms with Crippen LogP contribution in [0.3, 0.4) is 0 Å². The molecular formula is C20H21BrN2O2. The minimum Gasteiger partial charge on any atom is -0.322 e. The number of rotatable bonds is 2. The van der Waals surface area contributed by atoms with Crippen LogP contribution < -0.4 is 10.2 Å². The van der Waals surface area contributed by atoms with Gasteiger partial charge in [-0.15, -0.1) is 0 Å². The normalized spacial score (nSPS) is 13.5. The van der Waals surface area contributed by atoms with E-state index in [0.29, 0.717) is 17.8 Å². The molecule has 1 aliphatic heterocycles. The van der Waals surface area contributed by atoms with Gasteiger partial charge in [0, 0.05) is 27.8 Å². The van der Waals surface area contributed by atoms with Crippen LogP contribution >= 0.6 is 15.9 Å². The van der Waals surface area contributed by atoms with Gasteiger partial charge < -0.3 is 10.2 Å². The van der Waals surface area contributed by atoms with Crippen molar-refractivity contribution < 1.29 is 9.59 Å². The van der Waals surface area contributed by atoms with Gasteiger partial charge in [0.05, 0.1) is 5.56 Å². The Bertz CT molecular complexity index is 840. The third-order valence-corrected chi connectivity index (χ3v) is 4.94. The lowest BCUT2D eigenvalue weighted by Crippen LogP contribution is -2.38. The first-order valence-electron chi connectivity index (χ1n) is 8.28. The van der Waals surface area contributed by atoms with Crippen molar-refractivity contribution in [2.24, 2.45) is 5.41 Å². The second-order valence-corrected chi connectivity index (χ2v) is 8.09. The van der Waals surface area contributed by atoms with Crippen molar-refractivity contribution in [2.45, 2.75) is 27.2 Å². The van der Waals surface area contributed by atoms with Gasteiger partial charge in [0.1, 0.15) is 0 Å². The van der Waals surface area contributed by atoms with Gasteiger partial charge in [-0.05, 0) is 52.2 Å². The smallest absolute Gasteiger partial charge is 0.256 e. The van der Waals surface area contributed by atoms with E-state index in [1.165, 1.54) is 0 Å². The molecule has 2 amide bonds. The minimum atomic E-state index is -0.435. The van der Waals surface area contributed by atoms with Gasteiger partial charge in [0.15, 0.2) is 0 Å². The first-order chi connectivity index (χ1) is 11.8. The highest BCUT2D eigenvalue weighted by Crippen LogP contribution is 2.34. The lowest BCUT2D eigenvalue weighted by atomic mass is 9.94. The fraction of sp³-hybridized carbons (Fsp3) is 0.300. The molecule has 0 fully saturated rings. The predicted octanol–water partition coefficient (Wildman–Crippen LogP) is 4.64. The van der Waals surface area contributed by atoms with Crippen LogP contribution in [-0.4, -0.2) is 18.4 Å². The van der Waals surface area contributed by atoms with Crippen molar-refractivity contribution in [1.82, 2.24) is 0 Å². The average molecular weight is 401 g/mol. The Hall–Kier alpha value is -2.14. The number of carbonyl (C=O) groups is 2. The molecule has 25 heavy (non-hydrogen) atoms. The maximum absolute atomic E-state index is 12.7. The molecule has 0 unspecified atom stereocenters. The summed E-state index contributed by atoms with van der Waals surface area (Å²) >= 11 is 3.40. The maximum atomic E-state index is 12.7. The summed E-state index contributed by atoms with van der Waals surface area (Å²) in [5.41, 5.74) is 2.86. The molecule has 4 nitrogen and oxygen atoms in total. The fourth-order valence-electron chi connectivity index (χ4n) is 2.92. The van der Waals surface area contributed by atoms with Crippen LogP contribution in [0.5, 0.6) is 0 Å². The maximum Gasteiger partial charge on any atom is 0.256 e. The SMILES string of the molecule is CC(C)(C)C(=O)N1CCc2ccc(NC(=O)c3ccccc3Br)cc21. The number of benzene rings is 2. The predicted molar refractivity (Wildman–Crippen MR) is 104 cm³/mol. The highest BCUT2D eigenvalue weighted by Gasteiger charge is 2.32. The molecule has 0 radical (unpaired) electrons. The highest BCUT2D eigenvalue weighted by atomic mass is 79.9. The monoisotopic (exact) mass is 400 g/mol. The van der Waals surface area contributed by atoms with E-state index in [1.807, 2.05) is 62.1 Å². The number of halogens is 1. The topological polar surface area (TPSA) is 49.4 Å². The zero-order valence-electron chi connectivity index (χ0n) is 14.6. The van der Waals surface area contributed by atoms with E-state index in [-0.39, 0.29) is 11.8 Å². The summed E-state index contributed by atoms with van der Waals surface area (Å²) < 4.78 is 0.748. The van der Waals surface area contributed by atoms with Crippen molar-refractivity contribution in [1.29, 1.82) is 0 Å². The molecule has 130 valence electrons. The summed E-state index contributed by atoms with van der Waals surface area (Å²) in [6, 6.07) is 13.1. The Morgan fingerprint density at radius 2 is 1.84 bits per heavy atom. The number of amides is 2. The molecule has 1 N–H and O–H groups in total. The van der Waals surface area contributed by atoms with Gasteiger partial charge in [-0.3, -0.25) is 9.59 Å². The number of nitrogens with zero attached hydrogens (tertiary/aromatic N) is 1. The van der Waals surface area contributed by atoms with Crippen molar-refractivity contribution in [3.05, 3.63) is 58.1 Å². The summed E-state index contributed by atoms with van der Waals surface area (Å²) in [5, 5.41) is 2.92. The van der Waals surface area contributed by atoms with Crippen LogP contribution in [0.2, 0.25) is 0 Å². The Morgan fingerprint density at radius 1 is 1.12 bits per heavy atom. The highest BCUT2D eigenvalue weighted by molar-refractivity contribution is 9.10. The Kier molecular flexibility index (Phi) is 4.69. The second kappa shape index (κ2) is 6.64. The number of fused-ring (bicyclic) bond motifs is 1. The fourth-order valence-corrected chi connectivity index (χ4v) is 3.38. The Balaban J connectivity index is 1.85. The zero-order valence-corrected chi connectivity index (χ0v) is 16.2. The van der Waals surface area contributed by atoms with E-state index in [2.05, 4.69) is 21.2 Å². The summed E-state index contributed by atoms with van der Waals surface area (Å²) in [7, 11) is 0. The van der Waals surface area contributed by atoms with Gasteiger partial charge in [-0.2, -0.15) is 0 Å². The van der Waals surface area contributed by atoms with E-state index in [0.717, 1.165) is 22.1 Å². The van der Waals surface area contributed by atoms with Gasteiger partial charge in [0.2, 0.25) is 5.91 Å². The third-order valence-electron chi connectivity index (χ3n) is 4.24. The Labute approximate surface area is 156 Å². The van der Waals surface area contributed by atoms with E-state index in [9.17, 15) is 9.59 Å². The van der Waals surface area contributed by atoms with Crippen molar-refractivity contribution in [3.8, 4) is 0 Å². The molecule has 0 saturated carbocycles. The van der Waals surface area contributed by atoms with Crippen LogP contribution in [-0.2, 0) is 11.2 Å². The lowest BCUT2D eigenvalue weighted by molar-refractivity contribution is -0.125. The van der Waals surface area contributed by atoms with E-state index in [4.69, 9.17) is 0 Å². The lowest BCUT2D eigenvalue weighted by Gasteiger charge is -2.26. The summed E-state index contributed by atoms with van der Waals surface area (Å²) in [4.78, 5) is 27.0. The molecule has 0 aliphatic carbocycles. The molecule has 5 heteroatoms. The molecular weight excluding hydrogens is 380 g/mol. The number of hydrogen-bond donors (Lipinski definition) is 1. The molecule has 0 spiro atoms. The van der Waals surface area contributed by atoms with Crippen LogP contribution in [0, 0.1) is 5.41 Å². The number of anilines is 2. The minimum absolute atomic E-state index is 0.0977. The summed E-state index contributed by atoms with van der Waals surface area (Å²) in [5.74, 6) is -0.0837. The average Bonchev–Trinajstić information content (AvgIpc) is 2.96. The van der Waals surface area contributed by atoms with Crippen molar-refractivity contribution >= 4 is 39.1 Å². The first kappa shape index (κ1) is 17.7. The molecule has 2 aromatic carbocycles. The molecule has 0 atom stereocenters. The number of nitrogens with one attached hydrogen (secondary N) is 1. The zero-order chi connectivity index (χ0) is 18.2. The van der Waals surface area contributed by atoms with E-state index < -0.39 is 5.41 Å².